The molecule has 0 bridgehead atoms. The van der Waals surface area contributed by atoms with Crippen LogP contribution >= 0.6 is 11.6 Å². The number of carbonyl (C=O) groups is 1. The number of hydrogen-bond donors (Lipinski definition) is 1. The third-order valence-corrected chi connectivity index (χ3v) is 6.56. The van der Waals surface area contributed by atoms with Crippen LogP contribution in [0.1, 0.15) is 33.8 Å². The van der Waals surface area contributed by atoms with Gasteiger partial charge in [0.2, 0.25) is 0 Å². The number of halogens is 7. The van der Waals surface area contributed by atoms with Gasteiger partial charge in [0.05, 0.1) is 11.1 Å². The topological polar surface area (TPSA) is 61.4 Å². The number of nitrogens with zero attached hydrogens (tertiary/aromatic N) is 4. The van der Waals surface area contributed by atoms with Crippen LogP contribution in [0.15, 0.2) is 42.5 Å². The Labute approximate surface area is 225 Å². The first kappa shape index (κ1) is 28.5. The van der Waals surface area contributed by atoms with Gasteiger partial charge in [-0.25, -0.2) is 14.8 Å². The molecule has 4 rings (SSSR count). The van der Waals surface area contributed by atoms with Crippen LogP contribution in [0.4, 0.5) is 42.6 Å². The summed E-state index contributed by atoms with van der Waals surface area (Å²) in [5.41, 5.74) is -0.868. The van der Waals surface area contributed by atoms with E-state index in [0.717, 1.165) is 16.8 Å². The molecule has 0 radical (unpaired) electrons. The molecule has 1 N–H and O–H groups in total. The number of benzene rings is 2. The van der Waals surface area contributed by atoms with Gasteiger partial charge in [0.15, 0.2) is 0 Å². The van der Waals surface area contributed by atoms with E-state index in [2.05, 4.69) is 15.3 Å². The Hall–Kier alpha value is -3.54. The summed E-state index contributed by atoms with van der Waals surface area (Å²) in [4.78, 5) is 25.2. The van der Waals surface area contributed by atoms with Gasteiger partial charge in [0.1, 0.15) is 11.6 Å². The molecule has 1 aliphatic rings. The number of hydrogen-bond acceptors (Lipinski definition) is 4. The minimum absolute atomic E-state index is 0.0156. The molecule has 0 unspecified atom stereocenters. The van der Waals surface area contributed by atoms with Gasteiger partial charge in [-0.15, -0.1) is 0 Å². The minimum Gasteiger partial charge on any atom is -0.353 e. The van der Waals surface area contributed by atoms with E-state index in [4.69, 9.17) is 11.6 Å². The summed E-state index contributed by atoms with van der Waals surface area (Å²) < 4.78 is 79.0. The lowest BCUT2D eigenvalue weighted by Crippen LogP contribution is -2.50. The molecule has 0 atom stereocenters. The molecule has 3 aromatic rings. The van der Waals surface area contributed by atoms with E-state index in [1.165, 1.54) is 4.90 Å². The van der Waals surface area contributed by atoms with Crippen LogP contribution in [0.3, 0.4) is 0 Å². The molecule has 2 amide bonds. The van der Waals surface area contributed by atoms with E-state index in [0.29, 0.717) is 48.3 Å². The lowest BCUT2D eigenvalue weighted by molar-refractivity contribution is -0.143. The molecule has 0 aliphatic carbocycles. The van der Waals surface area contributed by atoms with Crippen LogP contribution in [0.25, 0.3) is 0 Å². The molecule has 0 spiro atoms. The van der Waals surface area contributed by atoms with Crippen molar-refractivity contribution in [3.05, 3.63) is 81.3 Å². The summed E-state index contributed by atoms with van der Waals surface area (Å²) in [5, 5.41) is 2.81. The van der Waals surface area contributed by atoms with Crippen LogP contribution in [-0.2, 0) is 18.8 Å². The Morgan fingerprint density at radius 3 is 2.00 bits per heavy atom. The van der Waals surface area contributed by atoms with Gasteiger partial charge in [0.25, 0.3) is 0 Å². The maximum absolute atomic E-state index is 13.2. The maximum atomic E-state index is 13.2. The van der Waals surface area contributed by atoms with Crippen LogP contribution in [0, 0.1) is 13.8 Å². The molecule has 1 saturated heterocycles. The van der Waals surface area contributed by atoms with Crippen LogP contribution in [-0.4, -0.2) is 47.1 Å². The van der Waals surface area contributed by atoms with E-state index in [1.807, 2.05) is 24.0 Å². The Balaban J connectivity index is 1.49. The number of rotatable bonds is 4. The second-order valence-corrected chi connectivity index (χ2v) is 9.60. The molecule has 6 nitrogen and oxygen atoms in total. The summed E-state index contributed by atoms with van der Waals surface area (Å²) in [6, 6.07) is 7.59. The number of aromatic nitrogens is 2. The van der Waals surface area contributed by atoms with Crippen molar-refractivity contribution in [3.8, 4) is 0 Å². The monoisotopic (exact) mass is 571 g/mol. The number of aryl methyl sites for hydroxylation is 2. The highest BCUT2D eigenvalue weighted by Crippen LogP contribution is 2.37. The molecule has 13 heteroatoms. The zero-order valence-electron chi connectivity index (χ0n) is 20.9. The smallest absolute Gasteiger partial charge is 0.353 e. The first-order valence-corrected chi connectivity index (χ1v) is 12.3. The van der Waals surface area contributed by atoms with E-state index >= 15 is 0 Å². The number of alkyl halides is 6. The molecule has 0 saturated carbocycles. The van der Waals surface area contributed by atoms with E-state index in [-0.39, 0.29) is 19.2 Å². The third-order valence-electron chi connectivity index (χ3n) is 6.30. The van der Waals surface area contributed by atoms with E-state index < -0.39 is 35.2 Å². The molecule has 1 aliphatic heterocycles. The zero-order chi connectivity index (χ0) is 28.5. The molecule has 208 valence electrons. The number of urea groups is 1. The fourth-order valence-electron chi connectivity index (χ4n) is 4.34. The van der Waals surface area contributed by atoms with Gasteiger partial charge < -0.3 is 15.1 Å². The highest BCUT2D eigenvalue weighted by Gasteiger charge is 2.37. The van der Waals surface area contributed by atoms with Crippen molar-refractivity contribution in [2.75, 3.05) is 36.4 Å². The van der Waals surface area contributed by atoms with Gasteiger partial charge in [-0.1, -0.05) is 23.7 Å². The van der Waals surface area contributed by atoms with Crippen molar-refractivity contribution in [1.29, 1.82) is 0 Å². The summed E-state index contributed by atoms with van der Waals surface area (Å²) in [5.74, 6) is 1.29. The normalized spacial score (nSPS) is 14.5. The number of amides is 2. The average Bonchev–Trinajstić information content (AvgIpc) is 2.85. The van der Waals surface area contributed by atoms with E-state index in [1.54, 1.807) is 19.1 Å². The number of carbonyl (C=O) groups excluding carboxylic acids is 1. The zero-order valence-corrected chi connectivity index (χ0v) is 21.7. The Morgan fingerprint density at radius 1 is 0.897 bits per heavy atom. The van der Waals surface area contributed by atoms with Crippen LogP contribution in [0.5, 0.6) is 0 Å². The SMILES string of the molecule is Cc1nc(C)c(Cc2ccc(Cl)cc2)c(N2CCN(C(=O)Nc3cc(C(F)(F)F)cc(C(F)(F)F)c3)CC2)n1. The summed E-state index contributed by atoms with van der Waals surface area (Å²) in [7, 11) is 0. The highest BCUT2D eigenvalue weighted by atomic mass is 35.5. The number of piperazine rings is 1. The summed E-state index contributed by atoms with van der Waals surface area (Å²) in [6.45, 7) is 4.73. The molecular formula is C26H24ClF6N5O. The molecule has 2 heterocycles. The van der Waals surface area contributed by atoms with Gasteiger partial charge in [-0.05, 0) is 49.7 Å². The maximum Gasteiger partial charge on any atom is 0.416 e. The average molecular weight is 572 g/mol. The van der Waals surface area contributed by atoms with Crippen molar-refractivity contribution >= 4 is 29.1 Å². The molecular weight excluding hydrogens is 548 g/mol. The first-order valence-electron chi connectivity index (χ1n) is 11.9. The first-order chi connectivity index (χ1) is 18.2. The Bertz CT molecular complexity index is 1320. The molecule has 39 heavy (non-hydrogen) atoms. The van der Waals surface area contributed by atoms with Gasteiger partial charge in [-0.2, -0.15) is 26.3 Å². The fourth-order valence-corrected chi connectivity index (χ4v) is 4.47. The van der Waals surface area contributed by atoms with Crippen LogP contribution < -0.4 is 10.2 Å². The standard InChI is InChI=1S/C26H24ClF6N5O/c1-15-22(11-17-3-5-20(27)6-4-17)23(35-16(2)34-15)37-7-9-38(10-8-37)24(39)36-21-13-18(25(28,29)30)12-19(14-21)26(31,32)33/h3-6,12-14H,7-11H2,1-2H3,(H,36,39). The number of nitrogens with one attached hydrogen (secondary N) is 1. The van der Waals surface area contributed by atoms with Crippen molar-refractivity contribution in [1.82, 2.24) is 14.9 Å². The lowest BCUT2D eigenvalue weighted by Gasteiger charge is -2.36. The second kappa shape index (κ2) is 10.9. The predicted octanol–water partition coefficient (Wildman–Crippen LogP) is 6.73. The number of anilines is 2. The van der Waals surface area contributed by atoms with Crippen molar-refractivity contribution in [2.45, 2.75) is 32.6 Å². The highest BCUT2D eigenvalue weighted by molar-refractivity contribution is 6.30. The molecule has 2 aromatic carbocycles. The summed E-state index contributed by atoms with van der Waals surface area (Å²) in [6.07, 6.45) is -9.47. The molecule has 1 aromatic heterocycles. The predicted molar refractivity (Wildman–Crippen MR) is 135 cm³/mol. The van der Waals surface area contributed by atoms with Crippen molar-refractivity contribution in [2.24, 2.45) is 0 Å². The van der Waals surface area contributed by atoms with E-state index in [9.17, 15) is 31.1 Å². The molecule has 1 fully saturated rings. The Kier molecular flexibility index (Phi) is 7.97. The van der Waals surface area contributed by atoms with Gasteiger partial charge in [-0.3, -0.25) is 0 Å². The second-order valence-electron chi connectivity index (χ2n) is 9.16. The van der Waals surface area contributed by atoms with Crippen molar-refractivity contribution in [3.63, 3.8) is 0 Å². The minimum atomic E-state index is -5.01. The largest absolute Gasteiger partial charge is 0.416 e. The summed E-state index contributed by atoms with van der Waals surface area (Å²) >= 11 is 6.00. The lowest BCUT2D eigenvalue weighted by atomic mass is 10.0. The third kappa shape index (κ3) is 6.92. The van der Waals surface area contributed by atoms with Crippen molar-refractivity contribution < 1.29 is 31.1 Å². The van der Waals surface area contributed by atoms with Gasteiger partial charge >= 0.3 is 18.4 Å². The quantitative estimate of drug-likeness (QED) is 0.353. The van der Waals surface area contributed by atoms with Gasteiger partial charge in [0, 0.05) is 54.6 Å². The Morgan fingerprint density at radius 2 is 1.46 bits per heavy atom. The fraction of sp³-hybridized carbons (Fsp3) is 0.346. The van der Waals surface area contributed by atoms with Crippen LogP contribution in [0.2, 0.25) is 5.02 Å².